The van der Waals surface area contributed by atoms with Gasteiger partial charge in [0.15, 0.2) is 0 Å². The number of para-hydroxylation sites is 1. The third-order valence-corrected chi connectivity index (χ3v) is 10.0. The second kappa shape index (κ2) is 11.9. The van der Waals surface area contributed by atoms with E-state index in [4.69, 9.17) is 4.74 Å². The minimum atomic E-state index is -0.459. The fourth-order valence-electron chi connectivity index (χ4n) is 6.54. The fraction of sp³-hybridized carbons (Fsp3) is 0.486. The Morgan fingerprint density at radius 2 is 1.81 bits per heavy atom. The molecule has 1 unspecified atom stereocenters. The van der Waals surface area contributed by atoms with Gasteiger partial charge in [-0.15, -0.1) is 11.3 Å². The molecule has 2 aromatic carbocycles. The molecule has 228 valence electrons. The number of anilines is 1. The van der Waals surface area contributed by atoms with Crippen LogP contribution in [0.3, 0.4) is 0 Å². The maximum Gasteiger partial charge on any atom is 0.410 e. The summed E-state index contributed by atoms with van der Waals surface area (Å²) in [6.45, 7) is 11.5. The summed E-state index contributed by atoms with van der Waals surface area (Å²) in [7, 11) is 0. The molecule has 1 spiro atoms. The van der Waals surface area contributed by atoms with E-state index in [1.54, 1.807) is 11.3 Å². The molecule has 0 radical (unpaired) electrons. The molecule has 8 heteroatoms. The number of hydrogen-bond acceptors (Lipinski definition) is 5. The molecule has 0 aliphatic carbocycles. The smallest absolute Gasteiger partial charge is 0.410 e. The predicted molar refractivity (Wildman–Crippen MR) is 176 cm³/mol. The van der Waals surface area contributed by atoms with E-state index in [2.05, 4.69) is 64.6 Å². The van der Waals surface area contributed by atoms with E-state index in [1.165, 1.54) is 11.1 Å². The van der Waals surface area contributed by atoms with Gasteiger partial charge >= 0.3 is 6.09 Å². The summed E-state index contributed by atoms with van der Waals surface area (Å²) in [5, 5.41) is 5.67. The van der Waals surface area contributed by atoms with Gasteiger partial charge in [0, 0.05) is 65.7 Å². The largest absolute Gasteiger partial charge is 0.444 e. The van der Waals surface area contributed by atoms with Gasteiger partial charge < -0.3 is 24.8 Å². The Kier molecular flexibility index (Phi) is 8.16. The van der Waals surface area contributed by atoms with Gasteiger partial charge in [0.2, 0.25) is 0 Å². The Morgan fingerprint density at radius 3 is 2.53 bits per heavy atom. The van der Waals surface area contributed by atoms with Crippen molar-refractivity contribution in [1.29, 1.82) is 0 Å². The molecule has 43 heavy (non-hydrogen) atoms. The number of aromatic nitrogens is 1. The van der Waals surface area contributed by atoms with E-state index in [-0.39, 0.29) is 23.5 Å². The zero-order valence-corrected chi connectivity index (χ0v) is 26.7. The minimum absolute atomic E-state index is 0.0133. The van der Waals surface area contributed by atoms with Crippen molar-refractivity contribution in [2.24, 2.45) is 5.41 Å². The summed E-state index contributed by atoms with van der Waals surface area (Å²) >= 11 is 1.58. The number of H-pyrrole nitrogens is 1. The van der Waals surface area contributed by atoms with E-state index in [1.807, 2.05) is 37.8 Å². The van der Waals surface area contributed by atoms with Crippen molar-refractivity contribution < 1.29 is 14.3 Å². The quantitative estimate of drug-likeness (QED) is 0.217. The fourth-order valence-corrected chi connectivity index (χ4v) is 7.54. The van der Waals surface area contributed by atoms with Crippen LogP contribution < -0.4 is 10.2 Å². The number of benzene rings is 2. The number of rotatable bonds is 8. The first-order valence-corrected chi connectivity index (χ1v) is 16.6. The highest BCUT2D eigenvalue weighted by Gasteiger charge is 2.47. The molecule has 0 bridgehead atoms. The molecular weight excluding hydrogens is 556 g/mol. The van der Waals surface area contributed by atoms with Crippen LogP contribution in [-0.2, 0) is 11.2 Å². The maximum absolute atomic E-state index is 13.4. The number of unbranched alkanes of at least 4 members (excludes halogenated alkanes) is 1. The van der Waals surface area contributed by atoms with Crippen LogP contribution in [0.2, 0.25) is 0 Å². The number of ether oxygens (including phenoxy) is 1. The number of hydrogen-bond donors (Lipinski definition) is 2. The number of piperidine rings is 1. The van der Waals surface area contributed by atoms with Gasteiger partial charge in [-0.25, -0.2) is 4.79 Å². The molecule has 6 rings (SSSR count). The van der Waals surface area contributed by atoms with Crippen LogP contribution in [0.5, 0.6) is 0 Å². The minimum Gasteiger partial charge on any atom is -0.444 e. The first-order chi connectivity index (χ1) is 20.6. The van der Waals surface area contributed by atoms with Crippen LogP contribution >= 0.6 is 11.3 Å². The Morgan fingerprint density at radius 1 is 1.05 bits per heavy atom. The number of nitrogens with one attached hydrogen (secondary N) is 2. The predicted octanol–water partition coefficient (Wildman–Crippen LogP) is 7.75. The second-order valence-electron chi connectivity index (χ2n) is 13.6. The molecular formula is C35H44N4O3S. The number of fused-ring (bicyclic) bond motifs is 2. The summed E-state index contributed by atoms with van der Waals surface area (Å²) in [5.41, 5.74) is 3.26. The Hall–Kier alpha value is -3.52. The summed E-state index contributed by atoms with van der Waals surface area (Å²) in [6.07, 6.45) is 5.87. The molecule has 2 N–H and O–H groups in total. The lowest BCUT2D eigenvalue weighted by molar-refractivity contribution is -0.0434. The average Bonchev–Trinajstić information content (AvgIpc) is 3.57. The van der Waals surface area contributed by atoms with E-state index in [0.29, 0.717) is 0 Å². The first kappa shape index (κ1) is 29.5. The van der Waals surface area contributed by atoms with E-state index in [0.717, 1.165) is 90.9 Å². The second-order valence-corrected chi connectivity index (χ2v) is 14.6. The lowest BCUT2D eigenvalue weighted by Crippen LogP contribution is -2.62. The normalized spacial score (nSPS) is 17.3. The van der Waals surface area contributed by atoms with Crippen molar-refractivity contribution in [2.75, 3.05) is 31.1 Å². The van der Waals surface area contributed by atoms with Crippen molar-refractivity contribution in [3.63, 3.8) is 0 Å². The topological polar surface area (TPSA) is 77.7 Å². The monoisotopic (exact) mass is 600 g/mol. The molecule has 2 aromatic heterocycles. The highest BCUT2D eigenvalue weighted by molar-refractivity contribution is 7.20. The number of likely N-dealkylation sites (tertiary alicyclic amines) is 1. The molecule has 4 heterocycles. The van der Waals surface area contributed by atoms with Gasteiger partial charge in [-0.3, -0.25) is 4.79 Å². The maximum atomic E-state index is 13.4. The summed E-state index contributed by atoms with van der Waals surface area (Å²) in [6, 6.07) is 19.2. The number of amides is 2. The molecule has 2 amide bonds. The van der Waals surface area contributed by atoms with Gasteiger partial charge in [-0.1, -0.05) is 44.0 Å². The molecule has 2 fully saturated rings. The summed E-state index contributed by atoms with van der Waals surface area (Å²) < 4.78 is 6.69. The molecule has 1 atom stereocenters. The zero-order chi connectivity index (χ0) is 30.2. The van der Waals surface area contributed by atoms with Crippen molar-refractivity contribution in [2.45, 2.75) is 77.9 Å². The molecule has 2 aliphatic rings. The van der Waals surface area contributed by atoms with Gasteiger partial charge in [0.05, 0.1) is 4.88 Å². The zero-order valence-electron chi connectivity index (χ0n) is 25.9. The van der Waals surface area contributed by atoms with Crippen molar-refractivity contribution in [3.8, 4) is 0 Å². The Labute approximate surface area is 258 Å². The summed E-state index contributed by atoms with van der Waals surface area (Å²) in [5.74, 6) is 0.0133. The van der Waals surface area contributed by atoms with Gasteiger partial charge in [-0.05, 0) is 81.1 Å². The van der Waals surface area contributed by atoms with Crippen LogP contribution in [0, 0.1) is 5.41 Å². The number of carbonyl (C=O) groups excluding carboxylic acids is 2. The lowest BCUT2D eigenvalue weighted by atomic mass is 9.72. The van der Waals surface area contributed by atoms with E-state index in [9.17, 15) is 9.59 Å². The van der Waals surface area contributed by atoms with E-state index >= 15 is 0 Å². The highest BCUT2D eigenvalue weighted by atomic mass is 32.1. The standard InChI is InChI=1S/C35H44N4O3S/c1-5-6-10-26(20-27-18-24-9-7-8-11-29(24)36-27)37-32(40)31-19-25-12-13-28(21-30(25)43-31)38-16-14-35(15-17-38)22-39(23-35)33(41)42-34(2,3)4/h7-9,11-13,18-19,21,26,36H,5-6,10,14-17,20,22-23H2,1-4H3,(H,37,40). The third-order valence-electron chi connectivity index (χ3n) is 8.91. The Balaban J connectivity index is 1.07. The molecule has 2 aliphatic heterocycles. The third kappa shape index (κ3) is 6.69. The Bertz CT molecular complexity index is 1570. The average molecular weight is 601 g/mol. The lowest BCUT2D eigenvalue weighted by Gasteiger charge is -2.54. The van der Waals surface area contributed by atoms with E-state index < -0.39 is 5.60 Å². The number of nitrogens with zero attached hydrogens (tertiary/aromatic N) is 2. The SMILES string of the molecule is CCCCC(Cc1cc2ccccc2[nH]1)NC(=O)c1cc2ccc(N3CCC4(CC3)CN(C(=O)OC(C)(C)C)C4)cc2s1. The number of thiophene rings is 1. The van der Waals surface area contributed by atoms with Crippen LogP contribution in [0.15, 0.2) is 54.6 Å². The van der Waals surface area contributed by atoms with Crippen LogP contribution in [0.25, 0.3) is 21.0 Å². The molecule has 7 nitrogen and oxygen atoms in total. The number of carbonyl (C=O) groups is 2. The van der Waals surface area contributed by atoms with Gasteiger partial charge in [0.1, 0.15) is 5.60 Å². The van der Waals surface area contributed by atoms with Crippen molar-refractivity contribution in [3.05, 3.63) is 65.2 Å². The van der Waals surface area contributed by atoms with Gasteiger partial charge in [-0.2, -0.15) is 0 Å². The highest BCUT2D eigenvalue weighted by Crippen LogP contribution is 2.42. The van der Waals surface area contributed by atoms with Crippen LogP contribution in [0.1, 0.15) is 75.2 Å². The summed E-state index contributed by atoms with van der Waals surface area (Å²) in [4.78, 5) is 34.4. The first-order valence-electron chi connectivity index (χ1n) is 15.7. The van der Waals surface area contributed by atoms with Crippen molar-refractivity contribution >= 4 is 50.0 Å². The van der Waals surface area contributed by atoms with Crippen LogP contribution in [0.4, 0.5) is 10.5 Å². The van der Waals surface area contributed by atoms with Crippen LogP contribution in [-0.4, -0.2) is 59.7 Å². The molecule has 2 saturated heterocycles. The van der Waals surface area contributed by atoms with Gasteiger partial charge in [0.25, 0.3) is 5.91 Å². The number of aromatic amines is 1. The van der Waals surface area contributed by atoms with Crippen molar-refractivity contribution in [1.82, 2.24) is 15.2 Å². The molecule has 0 saturated carbocycles. The molecule has 4 aromatic rings.